The van der Waals surface area contributed by atoms with Gasteiger partial charge in [-0.25, -0.2) is 8.42 Å². The summed E-state index contributed by atoms with van der Waals surface area (Å²) in [6.45, 7) is 6.42. The van der Waals surface area contributed by atoms with E-state index in [0.29, 0.717) is 30.8 Å². The third kappa shape index (κ3) is 3.90. The maximum absolute atomic E-state index is 13.3. The summed E-state index contributed by atoms with van der Waals surface area (Å²) in [4.78, 5) is 17.4. The molecule has 2 aliphatic rings. The molecule has 4 rings (SSSR count). The number of carbonyl (C=O) groups excluding carboxylic acids is 1. The minimum atomic E-state index is -3.01. The molecule has 8 nitrogen and oxygen atoms in total. The van der Waals surface area contributed by atoms with Crippen LogP contribution >= 0.6 is 0 Å². The number of piperazine rings is 1. The lowest BCUT2D eigenvalue weighted by Gasteiger charge is -2.36. The molecule has 0 spiro atoms. The van der Waals surface area contributed by atoms with Crippen LogP contribution in [-0.2, 0) is 9.84 Å². The molecule has 3 heterocycles. The fourth-order valence-electron chi connectivity index (χ4n) is 4.43. The fourth-order valence-corrected chi connectivity index (χ4v) is 6.12. The van der Waals surface area contributed by atoms with Gasteiger partial charge in [-0.3, -0.25) is 9.48 Å². The molecule has 1 amide bonds. The summed E-state index contributed by atoms with van der Waals surface area (Å²) in [5.41, 5.74) is 3.12. The topological polar surface area (TPSA) is 84.7 Å². The highest BCUT2D eigenvalue weighted by Crippen LogP contribution is 2.28. The quantitative estimate of drug-likeness (QED) is 0.733. The number of sulfone groups is 1. The number of benzene rings is 1. The van der Waals surface area contributed by atoms with Gasteiger partial charge in [0.2, 0.25) is 0 Å². The first-order valence-corrected chi connectivity index (χ1v) is 12.1. The molecule has 2 aliphatic heterocycles. The Labute approximate surface area is 177 Å². The lowest BCUT2D eigenvalue weighted by Crippen LogP contribution is -2.49. The van der Waals surface area contributed by atoms with Crippen molar-refractivity contribution < 1.29 is 17.9 Å². The lowest BCUT2D eigenvalue weighted by molar-refractivity contribution is 0.0745. The van der Waals surface area contributed by atoms with E-state index in [9.17, 15) is 13.2 Å². The van der Waals surface area contributed by atoms with Gasteiger partial charge < -0.3 is 14.5 Å². The molecule has 2 fully saturated rings. The number of hydrogen-bond acceptors (Lipinski definition) is 6. The highest BCUT2D eigenvalue weighted by Gasteiger charge is 2.33. The SMILES string of the molecule is COc1cccc(N2CCN(C(=O)c3c(C)nn([C@H]4CCS(=O)(=O)C4)c3C)CC2)c1. The highest BCUT2D eigenvalue weighted by molar-refractivity contribution is 7.91. The van der Waals surface area contributed by atoms with Crippen LogP contribution in [0.5, 0.6) is 5.75 Å². The summed E-state index contributed by atoms with van der Waals surface area (Å²) >= 11 is 0. The first-order valence-electron chi connectivity index (χ1n) is 10.2. The van der Waals surface area contributed by atoms with E-state index < -0.39 is 9.84 Å². The third-order valence-corrected chi connectivity index (χ3v) is 7.83. The average molecular weight is 433 g/mol. The zero-order valence-corrected chi connectivity index (χ0v) is 18.5. The molecule has 2 saturated heterocycles. The molecule has 162 valence electrons. The van der Waals surface area contributed by atoms with E-state index in [1.54, 1.807) is 11.8 Å². The Balaban J connectivity index is 1.47. The maximum Gasteiger partial charge on any atom is 0.257 e. The minimum absolute atomic E-state index is 0.0256. The van der Waals surface area contributed by atoms with Crippen molar-refractivity contribution in [2.45, 2.75) is 26.3 Å². The Hall–Kier alpha value is -2.55. The van der Waals surface area contributed by atoms with Gasteiger partial charge in [0.15, 0.2) is 9.84 Å². The van der Waals surface area contributed by atoms with Crippen molar-refractivity contribution in [2.75, 3.05) is 49.7 Å². The number of anilines is 1. The van der Waals surface area contributed by atoms with Crippen molar-refractivity contribution in [3.05, 3.63) is 41.2 Å². The van der Waals surface area contributed by atoms with Crippen molar-refractivity contribution in [1.29, 1.82) is 0 Å². The third-order valence-electron chi connectivity index (χ3n) is 6.08. The van der Waals surface area contributed by atoms with Crippen LogP contribution in [0.4, 0.5) is 5.69 Å². The monoisotopic (exact) mass is 432 g/mol. The predicted octanol–water partition coefficient (Wildman–Crippen LogP) is 1.83. The molecule has 1 atom stereocenters. The molecule has 1 aromatic heterocycles. The van der Waals surface area contributed by atoms with E-state index in [1.807, 2.05) is 43.0 Å². The van der Waals surface area contributed by atoms with Crippen molar-refractivity contribution in [3.63, 3.8) is 0 Å². The van der Waals surface area contributed by atoms with Gasteiger partial charge in [0, 0.05) is 43.6 Å². The summed E-state index contributed by atoms with van der Waals surface area (Å²) in [6.07, 6.45) is 0.553. The smallest absolute Gasteiger partial charge is 0.257 e. The van der Waals surface area contributed by atoms with Gasteiger partial charge >= 0.3 is 0 Å². The molecule has 0 N–H and O–H groups in total. The van der Waals surface area contributed by atoms with Crippen LogP contribution in [0.2, 0.25) is 0 Å². The molecular weight excluding hydrogens is 404 g/mol. The molecule has 1 aromatic carbocycles. The molecule has 0 saturated carbocycles. The standard InChI is InChI=1S/C21H28N4O4S/c1-15-20(16(2)25(22-15)18-7-12-30(27,28)14-18)21(26)24-10-8-23(9-11-24)17-5-4-6-19(13-17)29-3/h4-6,13,18H,7-12,14H2,1-3H3/t18-/m0/s1. The van der Waals surface area contributed by atoms with Crippen molar-refractivity contribution in [1.82, 2.24) is 14.7 Å². The Kier molecular flexibility index (Phi) is 5.48. The number of carbonyl (C=O) groups is 1. The summed E-state index contributed by atoms with van der Waals surface area (Å²) in [6, 6.07) is 7.76. The van der Waals surface area contributed by atoms with Crippen molar-refractivity contribution >= 4 is 21.4 Å². The summed E-state index contributed by atoms with van der Waals surface area (Å²) in [5, 5.41) is 4.54. The molecule has 0 radical (unpaired) electrons. The minimum Gasteiger partial charge on any atom is -0.497 e. The van der Waals surface area contributed by atoms with Crippen LogP contribution in [0.25, 0.3) is 0 Å². The van der Waals surface area contributed by atoms with Gasteiger partial charge in [-0.15, -0.1) is 0 Å². The largest absolute Gasteiger partial charge is 0.497 e. The molecule has 2 aromatic rings. The summed E-state index contributed by atoms with van der Waals surface area (Å²) in [5.74, 6) is 1.08. The second-order valence-corrected chi connectivity index (χ2v) is 10.3. The van der Waals surface area contributed by atoms with Crippen LogP contribution in [0, 0.1) is 13.8 Å². The van der Waals surface area contributed by atoms with Crippen LogP contribution in [0.15, 0.2) is 24.3 Å². The molecular formula is C21H28N4O4S. The molecule has 0 unspecified atom stereocenters. The van der Waals surface area contributed by atoms with Crippen molar-refractivity contribution in [2.24, 2.45) is 0 Å². The van der Waals surface area contributed by atoms with E-state index in [-0.39, 0.29) is 23.5 Å². The second kappa shape index (κ2) is 7.94. The zero-order chi connectivity index (χ0) is 21.5. The number of rotatable bonds is 4. The van der Waals surface area contributed by atoms with E-state index in [0.717, 1.165) is 30.2 Å². The van der Waals surface area contributed by atoms with Gasteiger partial charge in [-0.2, -0.15) is 5.10 Å². The Morgan fingerprint density at radius 3 is 2.53 bits per heavy atom. The first kappa shape index (κ1) is 20.7. The number of ether oxygens (including phenoxy) is 1. The number of aromatic nitrogens is 2. The van der Waals surface area contributed by atoms with Crippen LogP contribution < -0.4 is 9.64 Å². The predicted molar refractivity (Wildman–Crippen MR) is 115 cm³/mol. The summed E-state index contributed by atoms with van der Waals surface area (Å²) in [7, 11) is -1.36. The second-order valence-electron chi connectivity index (χ2n) is 8.03. The molecule has 0 bridgehead atoms. The Bertz CT molecular complexity index is 1050. The normalized spacial score (nSPS) is 21.1. The maximum atomic E-state index is 13.3. The van der Waals surface area contributed by atoms with Gasteiger partial charge in [-0.05, 0) is 32.4 Å². The Morgan fingerprint density at radius 1 is 1.17 bits per heavy atom. The van der Waals surface area contributed by atoms with Gasteiger partial charge in [0.05, 0.1) is 35.9 Å². The fraction of sp³-hybridized carbons (Fsp3) is 0.524. The van der Waals surface area contributed by atoms with Crippen LogP contribution in [0.3, 0.4) is 0 Å². The van der Waals surface area contributed by atoms with E-state index >= 15 is 0 Å². The zero-order valence-electron chi connectivity index (χ0n) is 17.7. The van der Waals surface area contributed by atoms with Gasteiger partial charge in [-0.1, -0.05) is 6.07 Å². The van der Waals surface area contributed by atoms with E-state index in [2.05, 4.69) is 10.00 Å². The van der Waals surface area contributed by atoms with Crippen LogP contribution in [0.1, 0.15) is 34.2 Å². The molecule has 30 heavy (non-hydrogen) atoms. The summed E-state index contributed by atoms with van der Waals surface area (Å²) < 4.78 is 30.8. The Morgan fingerprint density at radius 2 is 1.90 bits per heavy atom. The molecule has 0 aliphatic carbocycles. The first-order chi connectivity index (χ1) is 14.3. The number of hydrogen-bond donors (Lipinski definition) is 0. The average Bonchev–Trinajstić information content (AvgIpc) is 3.25. The van der Waals surface area contributed by atoms with Gasteiger partial charge in [0.25, 0.3) is 5.91 Å². The highest BCUT2D eigenvalue weighted by atomic mass is 32.2. The lowest BCUT2D eigenvalue weighted by atomic mass is 10.1. The van der Waals surface area contributed by atoms with Crippen molar-refractivity contribution in [3.8, 4) is 5.75 Å². The number of nitrogens with zero attached hydrogens (tertiary/aromatic N) is 4. The van der Waals surface area contributed by atoms with E-state index in [1.165, 1.54) is 0 Å². The van der Waals surface area contributed by atoms with E-state index in [4.69, 9.17) is 4.74 Å². The van der Waals surface area contributed by atoms with Crippen LogP contribution in [-0.4, -0.2) is 73.8 Å². The number of aryl methyl sites for hydroxylation is 1. The number of amides is 1. The van der Waals surface area contributed by atoms with Gasteiger partial charge in [0.1, 0.15) is 5.75 Å². The molecule has 9 heteroatoms. The number of methoxy groups -OCH3 is 1.